The second-order valence-corrected chi connectivity index (χ2v) is 4.90. The van der Waals surface area contributed by atoms with E-state index in [0.717, 1.165) is 23.9 Å². The summed E-state index contributed by atoms with van der Waals surface area (Å²) < 4.78 is 1.87. The van der Waals surface area contributed by atoms with E-state index in [9.17, 15) is 4.79 Å². The van der Waals surface area contributed by atoms with Crippen LogP contribution in [0.15, 0.2) is 24.4 Å². The van der Waals surface area contributed by atoms with Crippen LogP contribution in [-0.4, -0.2) is 33.6 Å². The van der Waals surface area contributed by atoms with Gasteiger partial charge in [-0.2, -0.15) is 0 Å². The van der Waals surface area contributed by atoms with Gasteiger partial charge in [0.15, 0.2) is 11.5 Å². The number of nitrogens with one attached hydrogen (secondary N) is 2. The molecule has 0 aromatic carbocycles. The molecule has 1 fully saturated rings. The molecule has 1 saturated carbocycles. The van der Waals surface area contributed by atoms with Crippen molar-refractivity contribution in [1.82, 2.24) is 25.2 Å². The van der Waals surface area contributed by atoms with E-state index in [2.05, 4.69) is 20.8 Å². The highest BCUT2D eigenvalue weighted by Crippen LogP contribution is 2.27. The van der Waals surface area contributed by atoms with Crippen LogP contribution in [0.2, 0.25) is 0 Å². The van der Waals surface area contributed by atoms with Gasteiger partial charge >= 0.3 is 0 Å². The molecule has 0 spiro atoms. The minimum atomic E-state index is -0.00617. The Morgan fingerprint density at radius 1 is 1.37 bits per heavy atom. The molecule has 0 bridgehead atoms. The Balaban J connectivity index is 1.49. The van der Waals surface area contributed by atoms with Gasteiger partial charge in [-0.1, -0.05) is 6.07 Å². The molecule has 6 heteroatoms. The van der Waals surface area contributed by atoms with Crippen LogP contribution in [0.5, 0.6) is 0 Å². The van der Waals surface area contributed by atoms with Crippen LogP contribution in [0.4, 0.5) is 0 Å². The van der Waals surface area contributed by atoms with E-state index in [1.165, 1.54) is 12.8 Å². The van der Waals surface area contributed by atoms with Gasteiger partial charge < -0.3 is 10.6 Å². The van der Waals surface area contributed by atoms with Crippen molar-refractivity contribution in [2.75, 3.05) is 13.1 Å². The highest BCUT2D eigenvalue weighted by molar-refractivity contribution is 5.77. The third-order valence-electron chi connectivity index (χ3n) is 3.24. The van der Waals surface area contributed by atoms with Crippen molar-refractivity contribution in [2.45, 2.75) is 19.4 Å². The van der Waals surface area contributed by atoms with Gasteiger partial charge in [-0.15, -0.1) is 10.2 Å². The topological polar surface area (TPSA) is 71.3 Å². The minimum absolute atomic E-state index is 0.00617. The van der Waals surface area contributed by atoms with E-state index in [4.69, 9.17) is 0 Å². The third kappa shape index (κ3) is 3.08. The first-order chi connectivity index (χ1) is 9.33. The third-order valence-corrected chi connectivity index (χ3v) is 3.24. The molecular formula is C13H17N5O. The maximum Gasteiger partial charge on any atom is 0.234 e. The standard InChI is InChI=1S/C13H17N5O/c19-13(9-14-7-10-4-5-10)15-8-12-17-16-11-3-1-2-6-18(11)12/h1-3,6,10,14H,4-5,7-9H2,(H,15,19). The number of nitrogens with zero attached hydrogens (tertiary/aromatic N) is 3. The van der Waals surface area contributed by atoms with Crippen molar-refractivity contribution in [2.24, 2.45) is 5.92 Å². The lowest BCUT2D eigenvalue weighted by Gasteiger charge is -2.05. The number of hydrogen-bond acceptors (Lipinski definition) is 4. The van der Waals surface area contributed by atoms with Gasteiger partial charge in [0.1, 0.15) is 0 Å². The molecule has 2 N–H and O–H groups in total. The van der Waals surface area contributed by atoms with E-state index in [1.54, 1.807) is 0 Å². The molecule has 100 valence electrons. The Kier molecular flexibility index (Phi) is 3.41. The number of aromatic nitrogens is 3. The molecule has 19 heavy (non-hydrogen) atoms. The molecule has 2 aromatic rings. The lowest BCUT2D eigenvalue weighted by Crippen LogP contribution is -2.34. The highest BCUT2D eigenvalue weighted by Gasteiger charge is 2.20. The van der Waals surface area contributed by atoms with Gasteiger partial charge in [0, 0.05) is 6.20 Å². The maximum absolute atomic E-state index is 11.6. The summed E-state index contributed by atoms with van der Waals surface area (Å²) >= 11 is 0. The largest absolute Gasteiger partial charge is 0.348 e. The Morgan fingerprint density at radius 3 is 3.11 bits per heavy atom. The Labute approximate surface area is 111 Å². The summed E-state index contributed by atoms with van der Waals surface area (Å²) in [5.74, 6) is 1.52. The van der Waals surface area contributed by atoms with Crippen molar-refractivity contribution < 1.29 is 4.79 Å². The molecule has 3 rings (SSSR count). The molecule has 0 radical (unpaired) electrons. The first-order valence-electron chi connectivity index (χ1n) is 6.59. The summed E-state index contributed by atoms with van der Waals surface area (Å²) in [4.78, 5) is 11.6. The summed E-state index contributed by atoms with van der Waals surface area (Å²) in [6.07, 6.45) is 4.48. The van der Waals surface area contributed by atoms with Crippen LogP contribution in [0.1, 0.15) is 18.7 Å². The molecule has 0 unspecified atom stereocenters. The summed E-state index contributed by atoms with van der Waals surface area (Å²) in [5.41, 5.74) is 0.790. The molecule has 1 amide bonds. The van der Waals surface area contributed by atoms with E-state index < -0.39 is 0 Å². The fourth-order valence-corrected chi connectivity index (χ4v) is 1.96. The van der Waals surface area contributed by atoms with E-state index in [0.29, 0.717) is 13.1 Å². The number of amides is 1. The van der Waals surface area contributed by atoms with Gasteiger partial charge in [-0.3, -0.25) is 9.20 Å². The number of rotatable bonds is 6. The molecule has 0 aliphatic heterocycles. The molecular weight excluding hydrogens is 242 g/mol. The van der Waals surface area contributed by atoms with Crippen molar-refractivity contribution in [3.63, 3.8) is 0 Å². The summed E-state index contributed by atoms with van der Waals surface area (Å²) in [6.45, 7) is 1.71. The van der Waals surface area contributed by atoms with Crippen LogP contribution in [-0.2, 0) is 11.3 Å². The average molecular weight is 259 g/mol. The van der Waals surface area contributed by atoms with Crippen LogP contribution in [0, 0.1) is 5.92 Å². The van der Waals surface area contributed by atoms with Gasteiger partial charge in [0.25, 0.3) is 0 Å². The van der Waals surface area contributed by atoms with Crippen molar-refractivity contribution in [1.29, 1.82) is 0 Å². The summed E-state index contributed by atoms with van der Waals surface area (Å²) in [5, 5.41) is 14.1. The number of fused-ring (bicyclic) bond motifs is 1. The van der Waals surface area contributed by atoms with E-state index in [-0.39, 0.29) is 5.91 Å². The Morgan fingerprint density at radius 2 is 2.26 bits per heavy atom. The number of carbonyl (C=O) groups is 1. The molecule has 2 heterocycles. The monoisotopic (exact) mass is 259 g/mol. The van der Waals surface area contributed by atoms with Crippen LogP contribution < -0.4 is 10.6 Å². The summed E-state index contributed by atoms with van der Waals surface area (Å²) in [7, 11) is 0. The van der Waals surface area contributed by atoms with E-state index in [1.807, 2.05) is 28.8 Å². The highest BCUT2D eigenvalue weighted by atomic mass is 16.1. The SMILES string of the molecule is O=C(CNCC1CC1)NCc1nnc2ccccn12. The predicted octanol–water partition coefficient (Wildman–Crippen LogP) is 0.345. The molecule has 1 aliphatic carbocycles. The zero-order valence-corrected chi connectivity index (χ0v) is 10.7. The van der Waals surface area contributed by atoms with Crippen molar-refractivity contribution in [3.8, 4) is 0 Å². The first-order valence-corrected chi connectivity index (χ1v) is 6.59. The lowest BCUT2D eigenvalue weighted by molar-refractivity contribution is -0.120. The minimum Gasteiger partial charge on any atom is -0.348 e. The molecule has 6 nitrogen and oxygen atoms in total. The summed E-state index contributed by atoms with van der Waals surface area (Å²) in [6, 6.07) is 5.71. The molecule has 0 saturated heterocycles. The number of hydrogen-bond donors (Lipinski definition) is 2. The van der Waals surface area contributed by atoms with E-state index >= 15 is 0 Å². The Bertz CT molecular complexity index is 575. The number of pyridine rings is 1. The van der Waals surface area contributed by atoms with Gasteiger partial charge in [-0.25, -0.2) is 0 Å². The first kappa shape index (κ1) is 12.1. The van der Waals surface area contributed by atoms with Gasteiger partial charge in [0.2, 0.25) is 5.91 Å². The zero-order chi connectivity index (χ0) is 13.1. The zero-order valence-electron chi connectivity index (χ0n) is 10.7. The van der Waals surface area contributed by atoms with Crippen molar-refractivity contribution in [3.05, 3.63) is 30.2 Å². The van der Waals surface area contributed by atoms with Crippen LogP contribution in [0.25, 0.3) is 5.65 Å². The quantitative estimate of drug-likeness (QED) is 0.785. The lowest BCUT2D eigenvalue weighted by atomic mass is 10.4. The Hall–Kier alpha value is -1.95. The number of carbonyl (C=O) groups excluding carboxylic acids is 1. The van der Waals surface area contributed by atoms with Crippen molar-refractivity contribution >= 4 is 11.6 Å². The second kappa shape index (κ2) is 5.36. The maximum atomic E-state index is 11.6. The normalized spacial score (nSPS) is 14.7. The molecule has 2 aromatic heterocycles. The van der Waals surface area contributed by atoms with Crippen LogP contribution >= 0.6 is 0 Å². The van der Waals surface area contributed by atoms with Gasteiger partial charge in [-0.05, 0) is 37.4 Å². The smallest absolute Gasteiger partial charge is 0.234 e. The predicted molar refractivity (Wildman–Crippen MR) is 70.4 cm³/mol. The fourth-order valence-electron chi connectivity index (χ4n) is 1.96. The molecule has 1 aliphatic rings. The molecule has 0 atom stereocenters. The fraction of sp³-hybridized carbons (Fsp3) is 0.462. The van der Waals surface area contributed by atoms with Crippen LogP contribution in [0.3, 0.4) is 0 Å². The van der Waals surface area contributed by atoms with Gasteiger partial charge in [0.05, 0.1) is 13.1 Å². The second-order valence-electron chi connectivity index (χ2n) is 4.90. The average Bonchev–Trinajstić information content (AvgIpc) is 3.16.